The molecular formula is C31H43NO4S. The van der Waals surface area contributed by atoms with E-state index in [9.17, 15) is 19.2 Å². The predicted molar refractivity (Wildman–Crippen MR) is 145 cm³/mol. The maximum Gasteiger partial charge on any atom is 0.220 e. The summed E-state index contributed by atoms with van der Waals surface area (Å²) in [5.41, 5.74) is 0.221. The van der Waals surface area contributed by atoms with Crippen molar-refractivity contribution >= 4 is 35.1 Å². The molecule has 0 bridgehead atoms. The topological polar surface area (TPSA) is 80.3 Å². The van der Waals surface area contributed by atoms with Crippen LogP contribution in [0.1, 0.15) is 112 Å². The second-order valence-electron chi connectivity index (χ2n) is 13.2. The third-order valence-electron chi connectivity index (χ3n) is 11.4. The van der Waals surface area contributed by atoms with Crippen LogP contribution in [0.5, 0.6) is 0 Å². The van der Waals surface area contributed by atoms with Gasteiger partial charge in [-0.1, -0.05) is 27.7 Å². The average molecular weight is 526 g/mol. The van der Waals surface area contributed by atoms with Gasteiger partial charge in [-0.25, -0.2) is 0 Å². The fourth-order valence-corrected chi connectivity index (χ4v) is 10.3. The molecule has 1 N–H and O–H groups in total. The van der Waals surface area contributed by atoms with Crippen LogP contribution in [-0.4, -0.2) is 23.8 Å². The van der Waals surface area contributed by atoms with Crippen molar-refractivity contribution in [1.29, 1.82) is 0 Å². The van der Waals surface area contributed by atoms with Crippen molar-refractivity contribution in [3.05, 3.63) is 21.9 Å². The number of carbonyl (C=O) groups is 4. The van der Waals surface area contributed by atoms with Crippen LogP contribution < -0.4 is 5.32 Å². The number of nitrogens with one attached hydrogen (secondary N) is 1. The van der Waals surface area contributed by atoms with Gasteiger partial charge in [-0.15, -0.1) is 11.3 Å². The summed E-state index contributed by atoms with van der Waals surface area (Å²) in [6, 6.07) is 3.71. The second kappa shape index (κ2) is 10.1. The van der Waals surface area contributed by atoms with Crippen molar-refractivity contribution in [2.45, 2.75) is 97.9 Å². The molecule has 4 saturated carbocycles. The lowest BCUT2D eigenvalue weighted by Crippen LogP contribution is -2.57. The van der Waals surface area contributed by atoms with E-state index < -0.39 is 0 Å². The third-order valence-corrected chi connectivity index (χ3v) is 12.5. The summed E-state index contributed by atoms with van der Waals surface area (Å²) in [6.45, 7) is 9.08. The lowest BCUT2D eigenvalue weighted by atomic mass is 9.44. The summed E-state index contributed by atoms with van der Waals surface area (Å²) in [5, 5.41) is 3.23. The number of Topliss-reactive ketones (excluding diaryl/α,β-unsaturated/α-hetero) is 2. The van der Waals surface area contributed by atoms with Gasteiger partial charge in [0.1, 0.15) is 11.6 Å². The molecule has 37 heavy (non-hydrogen) atoms. The van der Waals surface area contributed by atoms with Gasteiger partial charge < -0.3 is 5.32 Å². The molecule has 0 spiro atoms. The fourth-order valence-electron chi connectivity index (χ4n) is 9.38. The molecule has 6 heteroatoms. The zero-order valence-corrected chi connectivity index (χ0v) is 23.7. The molecular weight excluding hydrogens is 482 g/mol. The van der Waals surface area contributed by atoms with E-state index in [1.807, 2.05) is 12.1 Å². The number of ketones is 2. The van der Waals surface area contributed by atoms with Gasteiger partial charge in [0.05, 0.1) is 10.9 Å². The molecule has 0 aliphatic heterocycles. The summed E-state index contributed by atoms with van der Waals surface area (Å²) in [6.07, 6.45) is 9.36. The Kier molecular flexibility index (Phi) is 7.27. The number of amides is 1. The molecule has 1 unspecified atom stereocenters. The second-order valence-corrected chi connectivity index (χ2v) is 14.3. The maximum atomic E-state index is 13.6. The first-order valence-corrected chi connectivity index (χ1v) is 15.3. The van der Waals surface area contributed by atoms with Crippen LogP contribution >= 0.6 is 11.3 Å². The number of hydrogen-bond acceptors (Lipinski definition) is 5. The SMILES string of the molecule is CC[C@@H](NC(=O)C[C@@H](C)C1CC[C@H]2[C@@H]3C(=O)C[C@@H]4CC(=O)CC[C@]4(C)[C@H]3CC[C@]12C)c1ccc(C=O)s1. The van der Waals surface area contributed by atoms with Crippen LogP contribution in [0.4, 0.5) is 0 Å². The van der Waals surface area contributed by atoms with E-state index in [0.717, 1.165) is 49.7 Å². The maximum absolute atomic E-state index is 13.6. The highest BCUT2D eigenvalue weighted by Crippen LogP contribution is 2.67. The first-order valence-electron chi connectivity index (χ1n) is 14.5. The standard InChI is InChI=1S/C31H43NO4S/c1-5-25(27-9-6-21(17-33)37-27)32-28(36)14-18(2)22-7-8-23-29-24(11-13-31(22,23)4)30(3)12-10-20(34)15-19(30)16-26(29)35/h6,9,17-19,22-25,29H,5,7-8,10-16H2,1-4H3,(H,32,36)/t18-,19+,22?,23+,24+,25-,29+,30+,31-/m1/s1. The van der Waals surface area contributed by atoms with Crippen LogP contribution in [0.15, 0.2) is 12.1 Å². The van der Waals surface area contributed by atoms with Gasteiger partial charge in [-0.3, -0.25) is 19.2 Å². The molecule has 4 fully saturated rings. The van der Waals surface area contributed by atoms with Gasteiger partial charge in [0.15, 0.2) is 6.29 Å². The largest absolute Gasteiger partial charge is 0.348 e. The first-order chi connectivity index (χ1) is 17.6. The predicted octanol–water partition coefficient (Wildman–Crippen LogP) is 6.56. The number of hydrogen-bond donors (Lipinski definition) is 1. The average Bonchev–Trinajstić information content (AvgIpc) is 3.48. The normalized spacial score (nSPS) is 38.8. The van der Waals surface area contributed by atoms with E-state index in [1.165, 1.54) is 11.3 Å². The van der Waals surface area contributed by atoms with Crippen LogP contribution in [0.3, 0.4) is 0 Å². The Labute approximate surface area is 225 Å². The van der Waals surface area contributed by atoms with Crippen LogP contribution in [0.25, 0.3) is 0 Å². The molecule has 1 amide bonds. The van der Waals surface area contributed by atoms with E-state index in [0.29, 0.717) is 59.9 Å². The van der Waals surface area contributed by atoms with Crippen molar-refractivity contribution < 1.29 is 19.2 Å². The van der Waals surface area contributed by atoms with Gasteiger partial charge in [-0.2, -0.15) is 0 Å². The van der Waals surface area contributed by atoms with Crippen molar-refractivity contribution in [2.24, 2.45) is 46.3 Å². The molecule has 1 heterocycles. The molecule has 0 radical (unpaired) electrons. The van der Waals surface area contributed by atoms with Gasteiger partial charge in [-0.05, 0) is 91.1 Å². The van der Waals surface area contributed by atoms with Crippen LogP contribution in [0.2, 0.25) is 0 Å². The van der Waals surface area contributed by atoms with E-state index >= 15 is 0 Å². The Morgan fingerprint density at radius 3 is 2.57 bits per heavy atom. The fraction of sp³-hybridized carbons (Fsp3) is 0.742. The minimum absolute atomic E-state index is 0.0586. The molecule has 0 aromatic carbocycles. The zero-order chi connectivity index (χ0) is 26.5. The summed E-state index contributed by atoms with van der Waals surface area (Å²) in [5.74, 6) is 2.73. The molecule has 202 valence electrons. The zero-order valence-electron chi connectivity index (χ0n) is 22.9. The smallest absolute Gasteiger partial charge is 0.220 e. The Morgan fingerprint density at radius 1 is 1.11 bits per heavy atom. The Morgan fingerprint density at radius 2 is 1.86 bits per heavy atom. The summed E-state index contributed by atoms with van der Waals surface area (Å²) < 4.78 is 0. The Balaban J connectivity index is 1.27. The van der Waals surface area contributed by atoms with Crippen LogP contribution in [-0.2, 0) is 14.4 Å². The lowest BCUT2D eigenvalue weighted by molar-refractivity contribution is -0.159. The highest BCUT2D eigenvalue weighted by Gasteiger charge is 2.63. The summed E-state index contributed by atoms with van der Waals surface area (Å²) in [7, 11) is 0. The first kappa shape index (κ1) is 26.8. The van der Waals surface area contributed by atoms with Crippen molar-refractivity contribution in [3.8, 4) is 0 Å². The van der Waals surface area contributed by atoms with E-state index in [1.54, 1.807) is 0 Å². The van der Waals surface area contributed by atoms with Crippen molar-refractivity contribution in [1.82, 2.24) is 5.32 Å². The minimum atomic E-state index is -0.0586. The molecule has 4 aliphatic carbocycles. The molecule has 5 rings (SSSR count). The molecule has 1 aromatic rings. The number of carbonyl (C=O) groups excluding carboxylic acids is 4. The lowest BCUT2D eigenvalue weighted by Gasteiger charge is -2.59. The molecule has 0 saturated heterocycles. The number of thiophene rings is 1. The number of aldehydes is 1. The Bertz CT molecular complexity index is 1080. The van der Waals surface area contributed by atoms with Crippen molar-refractivity contribution in [2.75, 3.05) is 0 Å². The van der Waals surface area contributed by atoms with Gasteiger partial charge in [0.25, 0.3) is 0 Å². The van der Waals surface area contributed by atoms with Crippen LogP contribution in [0, 0.1) is 46.3 Å². The Hall–Kier alpha value is -1.82. The van der Waals surface area contributed by atoms with Gasteiger partial charge in [0, 0.05) is 36.5 Å². The number of rotatable bonds is 7. The quantitative estimate of drug-likeness (QED) is 0.409. The van der Waals surface area contributed by atoms with E-state index in [-0.39, 0.29) is 40.5 Å². The minimum Gasteiger partial charge on any atom is -0.348 e. The third kappa shape index (κ3) is 4.55. The van der Waals surface area contributed by atoms with E-state index in [2.05, 4.69) is 33.0 Å². The highest BCUT2D eigenvalue weighted by atomic mass is 32.1. The van der Waals surface area contributed by atoms with Gasteiger partial charge >= 0.3 is 0 Å². The summed E-state index contributed by atoms with van der Waals surface area (Å²) >= 11 is 1.45. The number of fused-ring (bicyclic) bond motifs is 5. The highest BCUT2D eigenvalue weighted by molar-refractivity contribution is 7.13. The van der Waals surface area contributed by atoms with Gasteiger partial charge in [0.2, 0.25) is 5.91 Å². The molecule has 5 nitrogen and oxygen atoms in total. The summed E-state index contributed by atoms with van der Waals surface area (Å²) in [4.78, 5) is 51.7. The van der Waals surface area contributed by atoms with Crippen molar-refractivity contribution in [3.63, 3.8) is 0 Å². The molecule has 9 atom stereocenters. The molecule has 4 aliphatic rings. The monoisotopic (exact) mass is 525 g/mol. The van der Waals surface area contributed by atoms with E-state index in [4.69, 9.17) is 0 Å². The molecule has 1 aromatic heterocycles.